The molecule has 0 fully saturated rings. The Labute approximate surface area is 197 Å². The summed E-state index contributed by atoms with van der Waals surface area (Å²) in [4.78, 5) is 30.9. The standard InChI is InChI=1S/C27H24ClN3O2/c1-17-8-6-12-23(19(17)3)30-27(33)25-24(32)14-18(2)31(16-20-9-7-13-29-15-20)26(25)21-10-4-5-11-22(21)28/h4-15H,16H2,1-3H3,(H,30,33). The van der Waals surface area contributed by atoms with Crippen molar-refractivity contribution in [2.45, 2.75) is 27.3 Å². The molecule has 5 nitrogen and oxygen atoms in total. The maximum atomic E-state index is 13.5. The zero-order chi connectivity index (χ0) is 23.5. The molecule has 4 aromatic rings. The molecule has 1 N–H and O–H groups in total. The number of aryl methyl sites for hydroxylation is 2. The van der Waals surface area contributed by atoms with E-state index in [1.807, 2.05) is 73.9 Å². The second-order valence-electron chi connectivity index (χ2n) is 8.00. The number of hydrogen-bond donors (Lipinski definition) is 1. The molecule has 0 bridgehead atoms. The first kappa shape index (κ1) is 22.5. The van der Waals surface area contributed by atoms with E-state index in [4.69, 9.17) is 11.6 Å². The van der Waals surface area contributed by atoms with Gasteiger partial charge in [-0.2, -0.15) is 0 Å². The molecule has 0 saturated heterocycles. The molecule has 4 rings (SSSR count). The largest absolute Gasteiger partial charge is 0.339 e. The molecule has 6 heteroatoms. The molecular weight excluding hydrogens is 434 g/mol. The molecule has 166 valence electrons. The van der Waals surface area contributed by atoms with Gasteiger partial charge in [-0.25, -0.2) is 0 Å². The average Bonchev–Trinajstić information content (AvgIpc) is 2.79. The summed E-state index contributed by atoms with van der Waals surface area (Å²) in [6.45, 7) is 6.21. The number of hydrogen-bond acceptors (Lipinski definition) is 3. The third kappa shape index (κ3) is 4.59. The SMILES string of the molecule is Cc1cccc(NC(=O)c2c(-c3ccccc3Cl)n(Cc3cccnc3)c(C)cc2=O)c1C. The zero-order valence-corrected chi connectivity index (χ0v) is 19.5. The third-order valence-corrected chi connectivity index (χ3v) is 6.12. The lowest BCUT2D eigenvalue weighted by molar-refractivity contribution is 0.102. The van der Waals surface area contributed by atoms with Crippen molar-refractivity contribution >= 4 is 23.2 Å². The Morgan fingerprint density at radius 2 is 1.82 bits per heavy atom. The molecule has 1 amide bonds. The van der Waals surface area contributed by atoms with Crippen molar-refractivity contribution in [2.75, 3.05) is 5.32 Å². The molecule has 0 atom stereocenters. The van der Waals surface area contributed by atoms with Crippen LogP contribution in [0.3, 0.4) is 0 Å². The maximum absolute atomic E-state index is 13.5. The highest BCUT2D eigenvalue weighted by Gasteiger charge is 2.24. The fourth-order valence-electron chi connectivity index (χ4n) is 3.87. The van der Waals surface area contributed by atoms with E-state index in [9.17, 15) is 9.59 Å². The molecular formula is C27H24ClN3O2. The zero-order valence-electron chi connectivity index (χ0n) is 18.7. The van der Waals surface area contributed by atoms with Gasteiger partial charge in [0.2, 0.25) is 0 Å². The van der Waals surface area contributed by atoms with Crippen LogP contribution in [0.2, 0.25) is 5.02 Å². The summed E-state index contributed by atoms with van der Waals surface area (Å²) in [5, 5.41) is 3.40. The highest BCUT2D eigenvalue weighted by Crippen LogP contribution is 2.31. The van der Waals surface area contributed by atoms with E-state index in [0.29, 0.717) is 28.5 Å². The Bertz CT molecular complexity index is 1390. The topological polar surface area (TPSA) is 64.0 Å². The Morgan fingerprint density at radius 1 is 1.03 bits per heavy atom. The van der Waals surface area contributed by atoms with E-state index in [-0.39, 0.29) is 11.0 Å². The van der Waals surface area contributed by atoms with Gasteiger partial charge >= 0.3 is 0 Å². The first-order chi connectivity index (χ1) is 15.9. The lowest BCUT2D eigenvalue weighted by Gasteiger charge is -2.21. The van der Waals surface area contributed by atoms with Crippen LogP contribution in [-0.4, -0.2) is 15.5 Å². The average molecular weight is 458 g/mol. The summed E-state index contributed by atoms with van der Waals surface area (Å²) < 4.78 is 1.94. The number of nitrogens with one attached hydrogen (secondary N) is 1. The predicted molar refractivity (Wildman–Crippen MR) is 133 cm³/mol. The first-order valence-corrected chi connectivity index (χ1v) is 11.0. The van der Waals surface area contributed by atoms with Crippen LogP contribution >= 0.6 is 11.6 Å². The lowest BCUT2D eigenvalue weighted by atomic mass is 10.0. The van der Waals surface area contributed by atoms with Crippen molar-refractivity contribution in [3.05, 3.63) is 116 Å². The molecule has 0 aliphatic rings. The van der Waals surface area contributed by atoms with Crippen LogP contribution in [0.1, 0.15) is 32.7 Å². The molecule has 0 spiro atoms. The lowest BCUT2D eigenvalue weighted by Crippen LogP contribution is -2.27. The van der Waals surface area contributed by atoms with Gasteiger partial charge in [0, 0.05) is 47.0 Å². The second-order valence-corrected chi connectivity index (χ2v) is 8.41. The Morgan fingerprint density at radius 3 is 2.55 bits per heavy atom. The fraction of sp³-hybridized carbons (Fsp3) is 0.148. The minimum atomic E-state index is -0.469. The number of carbonyl (C=O) groups excluding carboxylic acids is 1. The molecule has 0 aliphatic heterocycles. The van der Waals surface area contributed by atoms with Gasteiger partial charge in [0.1, 0.15) is 5.56 Å². The van der Waals surface area contributed by atoms with Gasteiger partial charge < -0.3 is 9.88 Å². The number of benzene rings is 2. The van der Waals surface area contributed by atoms with Crippen molar-refractivity contribution < 1.29 is 4.79 Å². The van der Waals surface area contributed by atoms with Crippen molar-refractivity contribution in [1.29, 1.82) is 0 Å². The Hall–Kier alpha value is -3.70. The van der Waals surface area contributed by atoms with E-state index in [2.05, 4.69) is 10.3 Å². The van der Waals surface area contributed by atoms with Crippen LogP contribution in [-0.2, 0) is 6.54 Å². The molecule has 0 saturated carbocycles. The number of halogens is 1. The summed E-state index contributed by atoms with van der Waals surface area (Å²) in [5.74, 6) is -0.469. The number of rotatable bonds is 5. The van der Waals surface area contributed by atoms with Gasteiger partial charge in [-0.1, -0.05) is 48.0 Å². The van der Waals surface area contributed by atoms with Crippen molar-refractivity contribution in [2.24, 2.45) is 0 Å². The van der Waals surface area contributed by atoms with Crippen molar-refractivity contribution in [1.82, 2.24) is 9.55 Å². The highest BCUT2D eigenvalue weighted by atomic mass is 35.5. The third-order valence-electron chi connectivity index (χ3n) is 5.79. The molecule has 0 aliphatic carbocycles. The van der Waals surface area contributed by atoms with Crippen LogP contribution in [0.15, 0.2) is 77.9 Å². The molecule has 0 radical (unpaired) electrons. The normalized spacial score (nSPS) is 10.8. The summed E-state index contributed by atoms with van der Waals surface area (Å²) >= 11 is 6.56. The van der Waals surface area contributed by atoms with Crippen molar-refractivity contribution in [3.8, 4) is 11.3 Å². The smallest absolute Gasteiger partial charge is 0.261 e. The predicted octanol–water partition coefficient (Wildman–Crippen LogP) is 5.79. The molecule has 0 unspecified atom stereocenters. The van der Waals surface area contributed by atoms with Crippen LogP contribution in [0.25, 0.3) is 11.3 Å². The van der Waals surface area contributed by atoms with Crippen LogP contribution in [0.5, 0.6) is 0 Å². The monoisotopic (exact) mass is 457 g/mol. The summed E-state index contributed by atoms with van der Waals surface area (Å²) in [6, 6.07) is 18.2. The number of amides is 1. The summed E-state index contributed by atoms with van der Waals surface area (Å²) in [6.07, 6.45) is 3.48. The molecule has 2 heterocycles. The first-order valence-electron chi connectivity index (χ1n) is 10.6. The molecule has 2 aromatic carbocycles. The van der Waals surface area contributed by atoms with E-state index in [1.54, 1.807) is 18.5 Å². The molecule has 33 heavy (non-hydrogen) atoms. The summed E-state index contributed by atoms with van der Waals surface area (Å²) in [5.41, 5.74) is 5.15. The number of pyridine rings is 2. The quantitative estimate of drug-likeness (QED) is 0.412. The van der Waals surface area contributed by atoms with Crippen LogP contribution in [0.4, 0.5) is 5.69 Å². The van der Waals surface area contributed by atoms with Gasteiger partial charge in [-0.3, -0.25) is 14.6 Å². The van der Waals surface area contributed by atoms with Gasteiger partial charge in [0.25, 0.3) is 5.91 Å². The van der Waals surface area contributed by atoms with E-state index in [0.717, 1.165) is 22.4 Å². The summed E-state index contributed by atoms with van der Waals surface area (Å²) in [7, 11) is 0. The van der Waals surface area contributed by atoms with E-state index >= 15 is 0 Å². The Kier molecular flexibility index (Phi) is 6.43. The number of anilines is 1. The van der Waals surface area contributed by atoms with Gasteiger partial charge in [0.05, 0.1) is 5.69 Å². The number of aromatic nitrogens is 2. The van der Waals surface area contributed by atoms with Crippen LogP contribution in [0, 0.1) is 20.8 Å². The van der Waals surface area contributed by atoms with Crippen molar-refractivity contribution in [3.63, 3.8) is 0 Å². The number of carbonyl (C=O) groups is 1. The fourth-order valence-corrected chi connectivity index (χ4v) is 4.10. The second kappa shape index (κ2) is 9.43. The minimum Gasteiger partial charge on any atom is -0.339 e. The van der Waals surface area contributed by atoms with Gasteiger partial charge in [-0.15, -0.1) is 0 Å². The van der Waals surface area contributed by atoms with Gasteiger partial charge in [-0.05, 0) is 55.7 Å². The Balaban J connectivity index is 1.93. The van der Waals surface area contributed by atoms with Crippen LogP contribution < -0.4 is 10.7 Å². The number of nitrogens with zero attached hydrogens (tertiary/aromatic N) is 2. The minimum absolute atomic E-state index is 0.0542. The maximum Gasteiger partial charge on any atom is 0.261 e. The van der Waals surface area contributed by atoms with E-state index in [1.165, 1.54) is 6.07 Å². The van der Waals surface area contributed by atoms with Gasteiger partial charge in [0.15, 0.2) is 5.43 Å². The van der Waals surface area contributed by atoms with E-state index < -0.39 is 5.91 Å². The highest BCUT2D eigenvalue weighted by molar-refractivity contribution is 6.33. The molecule has 2 aromatic heterocycles.